The summed E-state index contributed by atoms with van der Waals surface area (Å²) in [5.41, 5.74) is 7.13. The summed E-state index contributed by atoms with van der Waals surface area (Å²) in [4.78, 5) is 15.0. The molecule has 1 fully saturated rings. The van der Waals surface area contributed by atoms with Gasteiger partial charge in [0.15, 0.2) is 5.76 Å². The normalized spacial score (nSPS) is 14.9. The number of benzene rings is 1. The smallest absolute Gasteiger partial charge is 0.354 e. The van der Waals surface area contributed by atoms with Crippen molar-refractivity contribution < 1.29 is 14.4 Å². The number of fused-ring (bicyclic) bond motifs is 1. The summed E-state index contributed by atoms with van der Waals surface area (Å²) in [6.07, 6.45) is 2.36. The lowest BCUT2D eigenvalue weighted by atomic mass is 10.1. The molecule has 3 aromatic heterocycles. The molecule has 1 aliphatic rings. The molecule has 0 bridgehead atoms. The number of carboxylic acids is 1. The van der Waals surface area contributed by atoms with Gasteiger partial charge in [0.25, 0.3) is 0 Å². The van der Waals surface area contributed by atoms with Gasteiger partial charge in [-0.1, -0.05) is 46.6 Å². The number of aromatic nitrogens is 2. The van der Waals surface area contributed by atoms with Crippen molar-refractivity contribution >= 4 is 51.4 Å². The standard InChI is InChI=1S/C17H10Cl2N2O3S.C8H18N2/c18-14-6-5-13(25-14)12-7-9(20-24-12)8-21-11-4-2-1-3-10(11)15(19)16(21)17(22)23;1-7(2)10-5-3-8(9)4-6-10/h1-7H,8H2,(H,22,23);7-8H,3-6,9H2,1-2H3. The molecule has 10 heteroatoms. The Bertz CT molecular complexity index is 1310. The Morgan fingerprint density at radius 3 is 2.57 bits per heavy atom. The van der Waals surface area contributed by atoms with E-state index in [1.807, 2.05) is 24.3 Å². The van der Waals surface area contributed by atoms with Crippen molar-refractivity contribution in [1.29, 1.82) is 0 Å². The number of para-hydroxylation sites is 1. The molecule has 7 nitrogen and oxygen atoms in total. The number of carboxylic acid groups (broad SMARTS) is 1. The van der Waals surface area contributed by atoms with E-state index in [0.717, 1.165) is 10.4 Å². The summed E-state index contributed by atoms with van der Waals surface area (Å²) in [7, 11) is 0. The van der Waals surface area contributed by atoms with Crippen LogP contribution in [-0.2, 0) is 6.54 Å². The second-order valence-electron chi connectivity index (χ2n) is 8.82. The Hall–Kier alpha value is -2.36. The molecule has 4 aromatic rings. The third kappa shape index (κ3) is 5.90. The minimum Gasteiger partial charge on any atom is -0.477 e. The summed E-state index contributed by atoms with van der Waals surface area (Å²) in [6, 6.07) is 13.9. The average Bonchev–Trinajstić information content (AvgIpc) is 3.54. The van der Waals surface area contributed by atoms with Crippen LogP contribution in [0.1, 0.15) is 42.9 Å². The van der Waals surface area contributed by atoms with Crippen LogP contribution >= 0.6 is 34.5 Å². The largest absolute Gasteiger partial charge is 0.477 e. The number of nitrogens with zero attached hydrogens (tertiary/aromatic N) is 3. The van der Waals surface area contributed by atoms with Crippen LogP contribution in [0, 0.1) is 0 Å². The molecule has 1 aliphatic heterocycles. The number of piperidine rings is 1. The van der Waals surface area contributed by atoms with Crippen molar-refractivity contribution in [1.82, 2.24) is 14.6 Å². The maximum absolute atomic E-state index is 11.7. The van der Waals surface area contributed by atoms with E-state index in [4.69, 9.17) is 33.5 Å². The summed E-state index contributed by atoms with van der Waals surface area (Å²) < 4.78 is 7.65. The summed E-state index contributed by atoms with van der Waals surface area (Å²) in [5.74, 6) is -0.499. The first-order valence-corrected chi connectivity index (χ1v) is 13.0. The number of carbonyl (C=O) groups is 1. The minimum atomic E-state index is -1.09. The van der Waals surface area contributed by atoms with Gasteiger partial charge >= 0.3 is 5.97 Å². The summed E-state index contributed by atoms with van der Waals surface area (Å²) >= 11 is 13.6. The van der Waals surface area contributed by atoms with E-state index in [1.165, 1.54) is 37.3 Å². The lowest BCUT2D eigenvalue weighted by molar-refractivity contribution is 0.0686. The van der Waals surface area contributed by atoms with Crippen molar-refractivity contribution in [3.05, 3.63) is 63.2 Å². The van der Waals surface area contributed by atoms with Crippen LogP contribution in [0.2, 0.25) is 9.36 Å². The van der Waals surface area contributed by atoms with Crippen LogP contribution in [0.5, 0.6) is 0 Å². The Morgan fingerprint density at radius 1 is 1.23 bits per heavy atom. The average molecular weight is 535 g/mol. The zero-order chi connectivity index (χ0) is 25.1. The number of hydrogen-bond donors (Lipinski definition) is 2. The number of halogens is 2. The molecule has 1 aromatic carbocycles. The lowest BCUT2D eigenvalue weighted by Gasteiger charge is -2.32. The van der Waals surface area contributed by atoms with Gasteiger partial charge in [-0.15, -0.1) is 11.3 Å². The molecular formula is C25H28Cl2N4O3S. The highest BCUT2D eigenvalue weighted by atomic mass is 35.5. The number of nitrogens with two attached hydrogens (primary N) is 1. The summed E-state index contributed by atoms with van der Waals surface area (Å²) in [6.45, 7) is 7.11. The van der Waals surface area contributed by atoms with Gasteiger partial charge in [-0.05, 0) is 58.0 Å². The molecule has 0 amide bonds. The minimum absolute atomic E-state index is 0.0339. The fourth-order valence-electron chi connectivity index (χ4n) is 4.18. The van der Waals surface area contributed by atoms with Gasteiger partial charge in [0.1, 0.15) is 11.4 Å². The first kappa shape index (κ1) is 25.7. The van der Waals surface area contributed by atoms with Crippen molar-refractivity contribution in [3.63, 3.8) is 0 Å². The van der Waals surface area contributed by atoms with Gasteiger partial charge in [0, 0.05) is 23.5 Å². The monoisotopic (exact) mass is 534 g/mol. The van der Waals surface area contributed by atoms with Crippen LogP contribution in [0.25, 0.3) is 21.5 Å². The van der Waals surface area contributed by atoms with Gasteiger partial charge in [-0.2, -0.15) is 0 Å². The number of rotatable bonds is 5. The highest BCUT2D eigenvalue weighted by Crippen LogP contribution is 2.33. The number of thiophene rings is 1. The molecule has 0 spiro atoms. The molecule has 0 saturated carbocycles. The van der Waals surface area contributed by atoms with E-state index < -0.39 is 5.97 Å². The predicted molar refractivity (Wildman–Crippen MR) is 142 cm³/mol. The first-order chi connectivity index (χ1) is 16.7. The number of hydrogen-bond acceptors (Lipinski definition) is 6. The van der Waals surface area contributed by atoms with Crippen LogP contribution in [0.3, 0.4) is 0 Å². The van der Waals surface area contributed by atoms with Crippen LogP contribution in [-0.4, -0.2) is 50.9 Å². The van der Waals surface area contributed by atoms with Gasteiger partial charge in [-0.25, -0.2) is 4.79 Å². The Balaban J connectivity index is 0.000000243. The quantitative estimate of drug-likeness (QED) is 0.315. The Morgan fingerprint density at radius 2 is 1.94 bits per heavy atom. The molecule has 3 N–H and O–H groups in total. The molecule has 186 valence electrons. The van der Waals surface area contributed by atoms with E-state index in [1.54, 1.807) is 22.8 Å². The van der Waals surface area contributed by atoms with E-state index in [-0.39, 0.29) is 17.3 Å². The Kier molecular flexibility index (Phi) is 8.19. The zero-order valence-electron chi connectivity index (χ0n) is 19.6. The summed E-state index contributed by atoms with van der Waals surface area (Å²) in [5, 5.41) is 14.5. The van der Waals surface area contributed by atoms with Crippen molar-refractivity contribution in [3.8, 4) is 10.6 Å². The molecule has 0 radical (unpaired) electrons. The molecule has 0 aliphatic carbocycles. The van der Waals surface area contributed by atoms with E-state index in [2.05, 4.69) is 23.9 Å². The third-order valence-corrected chi connectivity index (χ3v) is 7.74. The highest BCUT2D eigenvalue weighted by molar-refractivity contribution is 7.19. The highest BCUT2D eigenvalue weighted by Gasteiger charge is 2.22. The van der Waals surface area contributed by atoms with Gasteiger partial charge in [0.2, 0.25) is 0 Å². The molecule has 5 rings (SSSR count). The van der Waals surface area contributed by atoms with Crippen LogP contribution < -0.4 is 5.73 Å². The van der Waals surface area contributed by atoms with E-state index in [0.29, 0.717) is 33.3 Å². The van der Waals surface area contributed by atoms with E-state index >= 15 is 0 Å². The molecule has 0 atom stereocenters. The second-order valence-corrected chi connectivity index (χ2v) is 10.9. The fraction of sp³-hybridized carbons (Fsp3) is 0.360. The topological polar surface area (TPSA) is 97.5 Å². The van der Waals surface area contributed by atoms with Gasteiger partial charge in [-0.3, -0.25) is 0 Å². The van der Waals surface area contributed by atoms with Crippen LogP contribution in [0.4, 0.5) is 0 Å². The van der Waals surface area contributed by atoms with Gasteiger partial charge < -0.3 is 24.8 Å². The number of likely N-dealkylation sites (tertiary alicyclic amines) is 1. The molecule has 4 heterocycles. The first-order valence-electron chi connectivity index (χ1n) is 11.5. The lowest BCUT2D eigenvalue weighted by Crippen LogP contribution is -2.42. The zero-order valence-corrected chi connectivity index (χ0v) is 21.9. The van der Waals surface area contributed by atoms with Gasteiger partial charge in [0.05, 0.1) is 26.3 Å². The Labute approximate surface area is 218 Å². The van der Waals surface area contributed by atoms with E-state index in [9.17, 15) is 9.90 Å². The second kappa shape index (κ2) is 11.1. The molecule has 35 heavy (non-hydrogen) atoms. The molecule has 0 unspecified atom stereocenters. The number of aromatic carboxylic acids is 1. The predicted octanol–water partition coefficient (Wildman–Crippen LogP) is 6.23. The maximum atomic E-state index is 11.7. The third-order valence-electron chi connectivity index (χ3n) is 6.11. The van der Waals surface area contributed by atoms with Crippen molar-refractivity contribution in [2.45, 2.75) is 45.3 Å². The maximum Gasteiger partial charge on any atom is 0.354 e. The SMILES string of the molecule is CC(C)N1CCC(N)CC1.O=C(O)c1c(Cl)c2ccccc2n1Cc1cc(-c2ccc(Cl)s2)on1. The molecule has 1 saturated heterocycles. The van der Waals surface area contributed by atoms with Crippen molar-refractivity contribution in [2.24, 2.45) is 5.73 Å². The molecular weight excluding hydrogens is 507 g/mol. The fourth-order valence-corrected chi connectivity index (χ4v) is 5.52. The van der Waals surface area contributed by atoms with Crippen LogP contribution in [0.15, 0.2) is 47.0 Å². The van der Waals surface area contributed by atoms with Crippen molar-refractivity contribution in [2.75, 3.05) is 13.1 Å².